The Balaban J connectivity index is 1.46. The monoisotopic (exact) mass is 279 g/mol. The smallest absolute Gasteiger partial charge is 0.0543 e. The highest BCUT2D eigenvalue weighted by Crippen LogP contribution is 2.43. The second kappa shape index (κ2) is 5.15. The van der Waals surface area contributed by atoms with Gasteiger partial charge in [-0.1, -0.05) is 24.3 Å². The fraction of sp³-hybridized carbons (Fsp3) is 0.389. The van der Waals surface area contributed by atoms with Gasteiger partial charge in [0.05, 0.1) is 5.69 Å². The number of anilines is 1. The van der Waals surface area contributed by atoms with Crippen molar-refractivity contribution in [2.45, 2.75) is 24.8 Å². The zero-order chi connectivity index (χ0) is 14.1. The Bertz CT molecular complexity index is 615. The summed E-state index contributed by atoms with van der Waals surface area (Å²) in [6.07, 6.45) is 4.37. The average molecular weight is 279 g/mol. The maximum atomic E-state index is 4.44. The minimum atomic E-state index is 0.358. The topological polar surface area (TPSA) is 28.2 Å². The number of piperidine rings is 1. The summed E-state index contributed by atoms with van der Waals surface area (Å²) >= 11 is 0. The molecule has 108 valence electrons. The lowest BCUT2D eigenvalue weighted by Gasteiger charge is -2.39. The molecular formula is C18H21N3. The summed E-state index contributed by atoms with van der Waals surface area (Å²) in [5.74, 6) is 0. The third kappa shape index (κ3) is 2.32. The fourth-order valence-electron chi connectivity index (χ4n) is 3.77. The number of nitrogens with zero attached hydrogens (tertiary/aromatic N) is 2. The number of aromatic nitrogens is 1. The van der Waals surface area contributed by atoms with Crippen LogP contribution in [0.4, 0.5) is 5.69 Å². The van der Waals surface area contributed by atoms with Crippen LogP contribution in [0.25, 0.3) is 0 Å². The van der Waals surface area contributed by atoms with E-state index in [9.17, 15) is 0 Å². The molecule has 1 aromatic heterocycles. The van der Waals surface area contributed by atoms with Crippen LogP contribution in [-0.4, -0.2) is 29.5 Å². The van der Waals surface area contributed by atoms with Gasteiger partial charge in [0.2, 0.25) is 0 Å². The molecule has 1 N–H and O–H groups in total. The molecule has 4 rings (SSSR count). The summed E-state index contributed by atoms with van der Waals surface area (Å²) in [5.41, 5.74) is 4.41. The zero-order valence-electron chi connectivity index (χ0n) is 12.3. The van der Waals surface area contributed by atoms with Gasteiger partial charge < -0.3 is 5.32 Å². The first-order chi connectivity index (χ1) is 10.4. The van der Waals surface area contributed by atoms with Crippen molar-refractivity contribution >= 4 is 5.69 Å². The predicted octanol–water partition coefficient (Wildman–Crippen LogP) is 3.04. The molecule has 0 atom stereocenters. The van der Waals surface area contributed by atoms with Crippen LogP contribution in [0.5, 0.6) is 0 Å². The van der Waals surface area contributed by atoms with Gasteiger partial charge in [-0.05, 0) is 49.7 Å². The lowest BCUT2D eigenvalue weighted by Crippen LogP contribution is -2.43. The summed E-state index contributed by atoms with van der Waals surface area (Å²) in [6, 6.07) is 15.0. The van der Waals surface area contributed by atoms with Crippen molar-refractivity contribution in [3.8, 4) is 0 Å². The molecule has 1 spiro atoms. The Labute approximate surface area is 126 Å². The van der Waals surface area contributed by atoms with E-state index in [4.69, 9.17) is 0 Å². The van der Waals surface area contributed by atoms with Crippen LogP contribution in [0.3, 0.4) is 0 Å². The van der Waals surface area contributed by atoms with Crippen LogP contribution in [0.2, 0.25) is 0 Å². The van der Waals surface area contributed by atoms with Crippen molar-refractivity contribution in [3.05, 3.63) is 59.9 Å². The molecule has 1 fully saturated rings. The molecule has 2 aliphatic rings. The van der Waals surface area contributed by atoms with E-state index in [0.717, 1.165) is 26.2 Å². The Morgan fingerprint density at radius 2 is 1.86 bits per heavy atom. The third-order valence-electron chi connectivity index (χ3n) is 5.04. The van der Waals surface area contributed by atoms with Crippen LogP contribution in [-0.2, 0) is 12.0 Å². The minimum absolute atomic E-state index is 0.358. The Morgan fingerprint density at radius 1 is 1.05 bits per heavy atom. The number of hydrogen-bond donors (Lipinski definition) is 1. The third-order valence-corrected chi connectivity index (χ3v) is 5.04. The van der Waals surface area contributed by atoms with E-state index in [1.165, 1.54) is 29.8 Å². The molecule has 0 aliphatic carbocycles. The van der Waals surface area contributed by atoms with Crippen molar-refractivity contribution < 1.29 is 0 Å². The Morgan fingerprint density at radius 3 is 2.67 bits per heavy atom. The second-order valence-corrected chi connectivity index (χ2v) is 6.28. The molecule has 0 bridgehead atoms. The molecule has 1 aromatic carbocycles. The minimum Gasteiger partial charge on any atom is -0.384 e. The first kappa shape index (κ1) is 12.8. The van der Waals surface area contributed by atoms with Crippen molar-refractivity contribution in [1.29, 1.82) is 0 Å². The summed E-state index contributed by atoms with van der Waals surface area (Å²) < 4.78 is 0. The molecule has 2 aliphatic heterocycles. The molecular weight excluding hydrogens is 258 g/mol. The number of rotatable bonds is 2. The van der Waals surface area contributed by atoms with Crippen molar-refractivity contribution in [1.82, 2.24) is 9.88 Å². The van der Waals surface area contributed by atoms with Gasteiger partial charge in [-0.15, -0.1) is 0 Å². The number of benzene rings is 1. The summed E-state index contributed by atoms with van der Waals surface area (Å²) in [4.78, 5) is 6.98. The second-order valence-electron chi connectivity index (χ2n) is 6.28. The Hall–Kier alpha value is -1.87. The standard InChI is InChI=1S/C18H21N3/c1-2-7-17-16(6-1)18(14-20-17)8-11-21(12-9-18)13-15-5-3-4-10-19-15/h1-7,10,20H,8-9,11-14H2. The highest BCUT2D eigenvalue weighted by Gasteiger charge is 2.40. The van der Waals surface area contributed by atoms with Crippen LogP contribution < -0.4 is 5.32 Å². The molecule has 0 radical (unpaired) electrons. The summed E-state index contributed by atoms with van der Waals surface area (Å²) in [7, 11) is 0. The van der Waals surface area contributed by atoms with E-state index in [-0.39, 0.29) is 0 Å². The Kier molecular flexibility index (Phi) is 3.15. The van der Waals surface area contributed by atoms with Gasteiger partial charge in [0.1, 0.15) is 0 Å². The van der Waals surface area contributed by atoms with Crippen LogP contribution >= 0.6 is 0 Å². The van der Waals surface area contributed by atoms with Gasteiger partial charge in [0.15, 0.2) is 0 Å². The van der Waals surface area contributed by atoms with E-state index < -0.39 is 0 Å². The van der Waals surface area contributed by atoms with Gasteiger partial charge in [-0.25, -0.2) is 0 Å². The quantitative estimate of drug-likeness (QED) is 0.916. The van der Waals surface area contributed by atoms with Gasteiger partial charge in [-0.3, -0.25) is 9.88 Å². The van der Waals surface area contributed by atoms with Gasteiger partial charge in [0.25, 0.3) is 0 Å². The molecule has 0 amide bonds. The van der Waals surface area contributed by atoms with Crippen LogP contribution in [0, 0.1) is 0 Å². The van der Waals surface area contributed by atoms with Gasteiger partial charge in [-0.2, -0.15) is 0 Å². The normalized spacial score (nSPS) is 20.2. The largest absolute Gasteiger partial charge is 0.384 e. The average Bonchev–Trinajstić information content (AvgIpc) is 2.90. The molecule has 0 saturated carbocycles. The number of nitrogens with one attached hydrogen (secondary N) is 1. The molecule has 3 heterocycles. The maximum absolute atomic E-state index is 4.44. The lowest BCUT2D eigenvalue weighted by molar-refractivity contribution is 0.161. The zero-order valence-corrected chi connectivity index (χ0v) is 12.3. The number of likely N-dealkylation sites (tertiary alicyclic amines) is 1. The summed E-state index contributed by atoms with van der Waals surface area (Å²) in [6.45, 7) is 4.40. The van der Waals surface area contributed by atoms with Gasteiger partial charge in [0, 0.05) is 30.4 Å². The lowest BCUT2D eigenvalue weighted by atomic mass is 9.74. The van der Waals surface area contributed by atoms with E-state index in [1.807, 2.05) is 12.3 Å². The van der Waals surface area contributed by atoms with Gasteiger partial charge >= 0.3 is 0 Å². The predicted molar refractivity (Wildman–Crippen MR) is 85.4 cm³/mol. The molecule has 1 saturated heterocycles. The highest BCUT2D eigenvalue weighted by atomic mass is 15.1. The summed E-state index contributed by atoms with van der Waals surface area (Å²) in [5, 5.41) is 3.59. The first-order valence-electron chi connectivity index (χ1n) is 7.81. The highest BCUT2D eigenvalue weighted by molar-refractivity contribution is 5.60. The molecule has 0 unspecified atom stereocenters. The van der Waals surface area contributed by atoms with Crippen molar-refractivity contribution in [3.63, 3.8) is 0 Å². The van der Waals surface area contributed by atoms with E-state index >= 15 is 0 Å². The van der Waals surface area contributed by atoms with Crippen molar-refractivity contribution in [2.75, 3.05) is 25.0 Å². The van der Waals surface area contributed by atoms with Crippen molar-refractivity contribution in [2.24, 2.45) is 0 Å². The number of pyridine rings is 1. The molecule has 21 heavy (non-hydrogen) atoms. The van der Waals surface area contributed by atoms with Crippen LogP contribution in [0.1, 0.15) is 24.1 Å². The van der Waals surface area contributed by atoms with E-state index in [1.54, 1.807) is 0 Å². The molecule has 3 nitrogen and oxygen atoms in total. The molecule has 2 aromatic rings. The molecule has 3 heteroatoms. The van der Waals surface area contributed by atoms with Crippen LogP contribution in [0.15, 0.2) is 48.7 Å². The fourth-order valence-corrected chi connectivity index (χ4v) is 3.77. The maximum Gasteiger partial charge on any atom is 0.0543 e. The number of hydrogen-bond acceptors (Lipinski definition) is 3. The number of fused-ring (bicyclic) bond motifs is 2. The van der Waals surface area contributed by atoms with E-state index in [0.29, 0.717) is 5.41 Å². The SMILES string of the molecule is c1ccc(CN2CCC3(CC2)CNc2ccccc23)nc1. The first-order valence-corrected chi connectivity index (χ1v) is 7.81. The number of para-hydroxylation sites is 1. The van der Waals surface area contributed by atoms with E-state index in [2.05, 4.69) is 51.6 Å².